The number of benzene rings is 1. The van der Waals surface area contributed by atoms with Crippen LogP contribution < -0.4 is 4.90 Å². The van der Waals surface area contributed by atoms with Crippen LogP contribution in [0.15, 0.2) is 23.6 Å². The van der Waals surface area contributed by atoms with Gasteiger partial charge in [0.2, 0.25) is 11.8 Å². The summed E-state index contributed by atoms with van der Waals surface area (Å²) in [4.78, 5) is 34.2. The number of anilines is 1. The number of carbonyl (C=O) groups is 2. The molecular formula is C22H25N3O2S. The van der Waals surface area contributed by atoms with E-state index in [1.54, 1.807) is 11.3 Å². The van der Waals surface area contributed by atoms with Gasteiger partial charge in [-0.3, -0.25) is 9.59 Å². The third-order valence-corrected chi connectivity index (χ3v) is 7.20. The molecule has 0 unspecified atom stereocenters. The Kier molecular flexibility index (Phi) is 4.46. The summed E-state index contributed by atoms with van der Waals surface area (Å²) in [6.45, 7) is 3.33. The highest BCUT2D eigenvalue weighted by molar-refractivity contribution is 7.09. The molecule has 0 spiro atoms. The lowest BCUT2D eigenvalue weighted by molar-refractivity contribution is -0.130. The monoisotopic (exact) mass is 395 g/mol. The summed E-state index contributed by atoms with van der Waals surface area (Å²) in [5, 5.41) is 3.14. The molecule has 2 amide bonds. The first-order valence-corrected chi connectivity index (χ1v) is 11.1. The maximum absolute atomic E-state index is 13.2. The van der Waals surface area contributed by atoms with Crippen LogP contribution >= 0.6 is 11.3 Å². The third-order valence-electron chi connectivity index (χ3n) is 6.43. The first kappa shape index (κ1) is 17.9. The number of aromatic nitrogens is 1. The number of fused-ring (bicyclic) bond motifs is 1. The lowest BCUT2D eigenvalue weighted by Gasteiger charge is -2.25. The van der Waals surface area contributed by atoms with Gasteiger partial charge in [0.1, 0.15) is 0 Å². The summed E-state index contributed by atoms with van der Waals surface area (Å²) in [5.74, 6) is 0.0867. The summed E-state index contributed by atoms with van der Waals surface area (Å²) in [5.41, 5.74) is 4.32. The zero-order valence-corrected chi connectivity index (χ0v) is 17.0. The van der Waals surface area contributed by atoms with Crippen LogP contribution in [0, 0.1) is 12.8 Å². The molecule has 1 aromatic carbocycles. The number of nitrogens with zero attached hydrogens (tertiary/aromatic N) is 3. The molecule has 2 aliphatic heterocycles. The van der Waals surface area contributed by atoms with Crippen molar-refractivity contribution in [2.45, 2.75) is 51.5 Å². The third kappa shape index (κ3) is 3.04. The number of thiazole rings is 1. The van der Waals surface area contributed by atoms with Crippen molar-refractivity contribution in [3.05, 3.63) is 34.2 Å². The number of rotatable bonds is 3. The lowest BCUT2D eigenvalue weighted by Crippen LogP contribution is -2.38. The first-order chi connectivity index (χ1) is 13.6. The lowest BCUT2D eigenvalue weighted by atomic mass is 10.1. The summed E-state index contributed by atoms with van der Waals surface area (Å²) >= 11 is 1.65. The van der Waals surface area contributed by atoms with Crippen molar-refractivity contribution in [2.24, 2.45) is 5.92 Å². The number of hydrogen-bond donors (Lipinski definition) is 0. The zero-order chi connectivity index (χ0) is 19.3. The topological polar surface area (TPSA) is 53.5 Å². The molecule has 1 aromatic heterocycles. The Morgan fingerprint density at radius 3 is 2.82 bits per heavy atom. The highest BCUT2D eigenvalue weighted by Crippen LogP contribution is 2.36. The van der Waals surface area contributed by atoms with Gasteiger partial charge in [-0.2, -0.15) is 0 Å². The van der Waals surface area contributed by atoms with Gasteiger partial charge in [0.05, 0.1) is 16.6 Å². The van der Waals surface area contributed by atoms with E-state index >= 15 is 0 Å². The second-order valence-corrected chi connectivity index (χ2v) is 9.28. The van der Waals surface area contributed by atoms with Crippen molar-refractivity contribution in [1.82, 2.24) is 9.88 Å². The highest BCUT2D eigenvalue weighted by atomic mass is 32.1. The smallest absolute Gasteiger partial charge is 0.232 e. The molecule has 1 saturated heterocycles. The Hall–Kier alpha value is -2.21. The average molecular weight is 396 g/mol. The van der Waals surface area contributed by atoms with Gasteiger partial charge in [-0.1, -0.05) is 18.9 Å². The van der Waals surface area contributed by atoms with E-state index < -0.39 is 0 Å². The van der Waals surface area contributed by atoms with E-state index in [0.29, 0.717) is 25.6 Å². The summed E-state index contributed by atoms with van der Waals surface area (Å²) in [6.07, 6.45) is 5.83. The molecule has 0 N–H and O–H groups in total. The normalized spacial score (nSPS) is 22.3. The fraction of sp³-hybridized carbons (Fsp3) is 0.500. The van der Waals surface area contributed by atoms with E-state index in [1.165, 1.54) is 18.4 Å². The average Bonchev–Trinajstić information content (AvgIpc) is 3.47. The number of amides is 2. The molecular weight excluding hydrogens is 370 g/mol. The Bertz CT molecular complexity index is 932. The number of aryl methyl sites for hydroxylation is 1. The van der Waals surface area contributed by atoms with Crippen LogP contribution in [-0.4, -0.2) is 40.8 Å². The van der Waals surface area contributed by atoms with E-state index in [2.05, 4.69) is 28.6 Å². The molecule has 3 aliphatic rings. The minimum absolute atomic E-state index is 0.116. The number of likely N-dealkylation sites (tertiary alicyclic amines) is 1. The summed E-state index contributed by atoms with van der Waals surface area (Å²) in [6, 6.07) is 6.64. The maximum atomic E-state index is 13.2. The molecule has 1 aliphatic carbocycles. The van der Waals surface area contributed by atoms with Crippen LogP contribution in [0.4, 0.5) is 5.69 Å². The number of hydrogen-bond acceptors (Lipinski definition) is 4. The van der Waals surface area contributed by atoms with Gasteiger partial charge in [0.25, 0.3) is 0 Å². The van der Waals surface area contributed by atoms with Gasteiger partial charge < -0.3 is 9.80 Å². The van der Waals surface area contributed by atoms with Crippen LogP contribution in [0.25, 0.3) is 11.3 Å². The first-order valence-electron chi connectivity index (χ1n) is 10.3. The van der Waals surface area contributed by atoms with Crippen molar-refractivity contribution >= 4 is 28.8 Å². The standard InChI is InChI=1S/C22H25N3O2S/c1-14-23-19(13-28-14)15-6-7-20-16(10-15)8-9-24(20)22(27)17-11-21(26)25(12-17)18-4-2-3-5-18/h6-7,10,13,17-18H,2-5,8-9,11-12H2,1H3/t17-/m1/s1. The molecule has 146 valence electrons. The fourth-order valence-corrected chi connectivity index (χ4v) is 5.59. The van der Waals surface area contributed by atoms with Crippen LogP contribution in [0.1, 0.15) is 42.7 Å². The summed E-state index contributed by atoms with van der Waals surface area (Å²) < 4.78 is 0. The molecule has 6 heteroatoms. The van der Waals surface area contributed by atoms with Gasteiger partial charge in [-0.05, 0) is 43.9 Å². The van der Waals surface area contributed by atoms with E-state index in [-0.39, 0.29) is 17.7 Å². The Morgan fingerprint density at radius 2 is 2.07 bits per heavy atom. The second-order valence-electron chi connectivity index (χ2n) is 8.22. The fourth-order valence-electron chi connectivity index (χ4n) is 4.97. The van der Waals surface area contributed by atoms with Crippen molar-refractivity contribution in [3.63, 3.8) is 0 Å². The molecule has 3 heterocycles. The molecule has 1 saturated carbocycles. The van der Waals surface area contributed by atoms with Gasteiger partial charge in [0.15, 0.2) is 0 Å². The number of carbonyl (C=O) groups excluding carboxylic acids is 2. The summed E-state index contributed by atoms with van der Waals surface area (Å²) in [7, 11) is 0. The van der Waals surface area contributed by atoms with Crippen molar-refractivity contribution < 1.29 is 9.59 Å². The van der Waals surface area contributed by atoms with Crippen LogP contribution in [0.5, 0.6) is 0 Å². The predicted octanol–water partition coefficient (Wildman–Crippen LogP) is 3.80. The van der Waals surface area contributed by atoms with Gasteiger partial charge in [0, 0.05) is 42.2 Å². The van der Waals surface area contributed by atoms with Crippen molar-refractivity contribution in [1.29, 1.82) is 0 Å². The van der Waals surface area contributed by atoms with Crippen LogP contribution in [0.3, 0.4) is 0 Å². The minimum Gasteiger partial charge on any atom is -0.339 e. The molecule has 5 rings (SSSR count). The minimum atomic E-state index is -0.195. The molecule has 5 nitrogen and oxygen atoms in total. The largest absolute Gasteiger partial charge is 0.339 e. The molecule has 2 aromatic rings. The Morgan fingerprint density at radius 1 is 1.25 bits per heavy atom. The molecule has 28 heavy (non-hydrogen) atoms. The Balaban J connectivity index is 1.33. The van der Waals surface area contributed by atoms with Crippen molar-refractivity contribution in [3.8, 4) is 11.3 Å². The molecule has 1 atom stereocenters. The highest BCUT2D eigenvalue weighted by Gasteiger charge is 2.41. The molecule has 0 radical (unpaired) electrons. The van der Waals surface area contributed by atoms with Crippen molar-refractivity contribution in [2.75, 3.05) is 18.0 Å². The van der Waals surface area contributed by atoms with Crippen LogP contribution in [0.2, 0.25) is 0 Å². The van der Waals surface area contributed by atoms with Gasteiger partial charge in [-0.15, -0.1) is 11.3 Å². The molecule has 0 bridgehead atoms. The van der Waals surface area contributed by atoms with E-state index in [9.17, 15) is 9.59 Å². The van der Waals surface area contributed by atoms with Gasteiger partial charge in [-0.25, -0.2) is 4.98 Å². The zero-order valence-electron chi connectivity index (χ0n) is 16.2. The maximum Gasteiger partial charge on any atom is 0.232 e. The predicted molar refractivity (Wildman–Crippen MR) is 110 cm³/mol. The molecule has 2 fully saturated rings. The van der Waals surface area contributed by atoms with E-state index in [4.69, 9.17) is 0 Å². The quantitative estimate of drug-likeness (QED) is 0.794. The Labute approximate surface area is 169 Å². The van der Waals surface area contributed by atoms with E-state index in [1.807, 2.05) is 16.7 Å². The second kappa shape index (κ2) is 6.99. The van der Waals surface area contributed by atoms with Crippen LogP contribution in [-0.2, 0) is 16.0 Å². The van der Waals surface area contributed by atoms with Gasteiger partial charge >= 0.3 is 0 Å². The SMILES string of the molecule is Cc1nc(-c2ccc3c(c2)CCN3C(=O)[C@@H]2CC(=O)N(C3CCCC3)C2)cs1. The van der Waals surface area contributed by atoms with E-state index in [0.717, 1.165) is 41.2 Å².